The number of nitrogens with zero attached hydrogens (tertiary/aromatic N) is 1. The number of benzene rings is 2. The van der Waals surface area contributed by atoms with Crippen molar-refractivity contribution in [3.8, 4) is 0 Å². The van der Waals surface area contributed by atoms with E-state index in [9.17, 15) is 9.59 Å². The number of nitrogens with two attached hydrogens (primary N) is 1. The molecule has 5 nitrogen and oxygen atoms in total. The number of hydrogen-bond donors (Lipinski definition) is 2. The van der Waals surface area contributed by atoms with Crippen LogP contribution in [0, 0.1) is 0 Å². The molecule has 0 bridgehead atoms. The molecule has 0 spiro atoms. The van der Waals surface area contributed by atoms with Crippen molar-refractivity contribution in [2.75, 3.05) is 0 Å². The molecule has 1 heterocycles. The van der Waals surface area contributed by atoms with Crippen LogP contribution in [0.25, 0.3) is 17.0 Å². The van der Waals surface area contributed by atoms with Crippen LogP contribution in [0.3, 0.4) is 0 Å². The van der Waals surface area contributed by atoms with E-state index in [4.69, 9.17) is 5.73 Å². The summed E-state index contributed by atoms with van der Waals surface area (Å²) in [6, 6.07) is 16.7. The van der Waals surface area contributed by atoms with Gasteiger partial charge in [0.2, 0.25) is 11.8 Å². The van der Waals surface area contributed by atoms with Gasteiger partial charge in [0.15, 0.2) is 0 Å². The van der Waals surface area contributed by atoms with Gasteiger partial charge in [0.1, 0.15) is 6.04 Å². The molecule has 0 saturated carbocycles. The first-order valence-corrected chi connectivity index (χ1v) is 8.40. The number of amides is 2. The molecular weight excluding hydrogens is 326 g/mol. The molecule has 3 rings (SSSR count). The Labute approximate surface area is 152 Å². The molecule has 0 aliphatic rings. The Morgan fingerprint density at radius 2 is 1.81 bits per heavy atom. The molecule has 1 unspecified atom stereocenters. The van der Waals surface area contributed by atoms with Crippen LogP contribution in [0.2, 0.25) is 0 Å². The molecule has 0 aliphatic heterocycles. The average Bonchev–Trinajstić information content (AvgIpc) is 2.96. The minimum Gasteiger partial charge on any atom is -0.368 e. The summed E-state index contributed by atoms with van der Waals surface area (Å²) in [6.45, 7) is 0. The normalized spacial score (nSPS) is 12.3. The van der Waals surface area contributed by atoms with Gasteiger partial charge >= 0.3 is 0 Å². The second kappa shape index (κ2) is 7.70. The van der Waals surface area contributed by atoms with Crippen LogP contribution in [0.4, 0.5) is 0 Å². The van der Waals surface area contributed by atoms with E-state index >= 15 is 0 Å². The molecule has 132 valence electrons. The first kappa shape index (κ1) is 17.5. The van der Waals surface area contributed by atoms with Gasteiger partial charge < -0.3 is 15.6 Å². The second-order valence-electron chi connectivity index (χ2n) is 6.20. The van der Waals surface area contributed by atoms with Crippen molar-refractivity contribution < 1.29 is 9.59 Å². The average molecular weight is 347 g/mol. The highest BCUT2D eigenvalue weighted by Crippen LogP contribution is 2.21. The van der Waals surface area contributed by atoms with Gasteiger partial charge in [-0.1, -0.05) is 48.5 Å². The van der Waals surface area contributed by atoms with Crippen molar-refractivity contribution in [1.82, 2.24) is 9.88 Å². The third kappa shape index (κ3) is 4.00. The van der Waals surface area contributed by atoms with E-state index in [-0.39, 0.29) is 5.91 Å². The first-order chi connectivity index (χ1) is 12.5. The number of fused-ring (bicyclic) bond motifs is 1. The Kier molecular flexibility index (Phi) is 5.17. The van der Waals surface area contributed by atoms with Crippen LogP contribution < -0.4 is 11.1 Å². The number of nitrogens with one attached hydrogen (secondary N) is 1. The summed E-state index contributed by atoms with van der Waals surface area (Å²) < 4.78 is 2.01. The number of primary amides is 1. The molecule has 2 amide bonds. The van der Waals surface area contributed by atoms with Gasteiger partial charge in [0.25, 0.3) is 0 Å². The fraction of sp³-hybridized carbons (Fsp3) is 0.143. The Morgan fingerprint density at radius 3 is 2.54 bits per heavy atom. The highest BCUT2D eigenvalue weighted by atomic mass is 16.2. The van der Waals surface area contributed by atoms with E-state index in [2.05, 4.69) is 5.32 Å². The van der Waals surface area contributed by atoms with Crippen molar-refractivity contribution >= 4 is 28.8 Å². The lowest BCUT2D eigenvalue weighted by atomic mass is 10.1. The van der Waals surface area contributed by atoms with Crippen LogP contribution in [-0.2, 0) is 23.1 Å². The zero-order valence-electron chi connectivity index (χ0n) is 14.6. The van der Waals surface area contributed by atoms with Crippen molar-refractivity contribution in [1.29, 1.82) is 0 Å². The fourth-order valence-corrected chi connectivity index (χ4v) is 2.96. The molecule has 5 heteroatoms. The molecule has 1 aromatic heterocycles. The van der Waals surface area contributed by atoms with Crippen LogP contribution in [-0.4, -0.2) is 22.4 Å². The fourth-order valence-electron chi connectivity index (χ4n) is 2.96. The lowest BCUT2D eigenvalue weighted by Gasteiger charge is -2.14. The number of aromatic nitrogens is 1. The minimum absolute atomic E-state index is 0.349. The van der Waals surface area contributed by atoms with Crippen molar-refractivity contribution in [2.45, 2.75) is 12.5 Å². The topological polar surface area (TPSA) is 77.1 Å². The molecule has 2 aromatic carbocycles. The number of carbonyl (C=O) groups is 2. The molecule has 0 saturated heterocycles. The summed E-state index contributed by atoms with van der Waals surface area (Å²) in [5.74, 6) is -0.904. The number of aryl methyl sites for hydroxylation is 1. The summed E-state index contributed by atoms with van der Waals surface area (Å²) >= 11 is 0. The lowest BCUT2D eigenvalue weighted by molar-refractivity contribution is -0.124. The Morgan fingerprint density at radius 1 is 1.12 bits per heavy atom. The van der Waals surface area contributed by atoms with Crippen molar-refractivity contribution in [3.05, 3.63) is 78.0 Å². The SMILES string of the molecule is Cn1cc(C=CC(=O)NC(Cc2ccccc2)C(N)=O)c2ccccc21. The number of hydrogen-bond acceptors (Lipinski definition) is 2. The monoisotopic (exact) mass is 347 g/mol. The Balaban J connectivity index is 1.71. The summed E-state index contributed by atoms with van der Waals surface area (Å²) in [7, 11) is 1.96. The van der Waals surface area contributed by atoms with E-state index in [1.54, 1.807) is 6.08 Å². The molecule has 26 heavy (non-hydrogen) atoms. The maximum atomic E-state index is 12.3. The summed E-state index contributed by atoms with van der Waals surface area (Å²) in [5.41, 5.74) is 8.41. The predicted molar refractivity (Wildman–Crippen MR) is 103 cm³/mol. The number of para-hydroxylation sites is 1. The zero-order valence-corrected chi connectivity index (χ0v) is 14.6. The van der Waals surface area contributed by atoms with Crippen molar-refractivity contribution in [3.63, 3.8) is 0 Å². The largest absolute Gasteiger partial charge is 0.368 e. The van der Waals surface area contributed by atoms with E-state index in [1.165, 1.54) is 6.08 Å². The van der Waals surface area contributed by atoms with E-state index in [1.807, 2.05) is 72.4 Å². The van der Waals surface area contributed by atoms with Crippen LogP contribution in [0.5, 0.6) is 0 Å². The minimum atomic E-state index is -0.748. The van der Waals surface area contributed by atoms with Gasteiger partial charge in [-0.25, -0.2) is 0 Å². The van der Waals surface area contributed by atoms with Crippen molar-refractivity contribution in [2.24, 2.45) is 12.8 Å². The molecule has 0 fully saturated rings. The standard InChI is InChI=1S/C21H21N3O2/c1-24-14-16(17-9-5-6-10-19(17)24)11-12-20(25)23-18(21(22)26)13-15-7-3-2-4-8-15/h2-12,14,18H,13H2,1H3,(H2,22,26)(H,23,25). The smallest absolute Gasteiger partial charge is 0.244 e. The Hall–Kier alpha value is -3.34. The third-order valence-electron chi connectivity index (χ3n) is 4.28. The zero-order chi connectivity index (χ0) is 18.5. The molecular formula is C21H21N3O2. The molecule has 0 radical (unpaired) electrons. The molecule has 0 aliphatic carbocycles. The van der Waals surface area contributed by atoms with E-state index in [0.29, 0.717) is 6.42 Å². The highest BCUT2D eigenvalue weighted by Gasteiger charge is 2.17. The number of rotatable bonds is 6. The summed E-state index contributed by atoms with van der Waals surface area (Å²) in [6.07, 6.45) is 5.51. The lowest BCUT2D eigenvalue weighted by Crippen LogP contribution is -2.45. The quantitative estimate of drug-likeness (QED) is 0.672. The summed E-state index contributed by atoms with van der Waals surface area (Å²) in [4.78, 5) is 23.9. The van der Waals surface area contributed by atoms with E-state index in [0.717, 1.165) is 22.0 Å². The second-order valence-corrected chi connectivity index (χ2v) is 6.20. The maximum absolute atomic E-state index is 12.3. The molecule has 3 N–H and O–H groups in total. The predicted octanol–water partition coefficient (Wildman–Crippen LogP) is 2.40. The molecule has 3 aromatic rings. The van der Waals surface area contributed by atoms with Gasteiger partial charge in [-0.3, -0.25) is 9.59 Å². The van der Waals surface area contributed by atoms with Gasteiger partial charge in [-0.2, -0.15) is 0 Å². The van der Waals surface area contributed by atoms with Gasteiger partial charge in [-0.15, -0.1) is 0 Å². The summed E-state index contributed by atoms with van der Waals surface area (Å²) in [5, 5.41) is 3.75. The van der Waals surface area contributed by atoms with Gasteiger partial charge in [0, 0.05) is 42.2 Å². The van der Waals surface area contributed by atoms with Crippen LogP contribution in [0.1, 0.15) is 11.1 Å². The number of carbonyl (C=O) groups excluding carboxylic acids is 2. The van der Waals surface area contributed by atoms with Gasteiger partial charge in [-0.05, 0) is 17.7 Å². The Bertz CT molecular complexity index is 958. The van der Waals surface area contributed by atoms with Crippen LogP contribution >= 0.6 is 0 Å². The third-order valence-corrected chi connectivity index (χ3v) is 4.28. The highest BCUT2D eigenvalue weighted by molar-refractivity contribution is 5.98. The first-order valence-electron chi connectivity index (χ1n) is 8.40. The molecule has 1 atom stereocenters. The van der Waals surface area contributed by atoms with E-state index < -0.39 is 11.9 Å². The van der Waals surface area contributed by atoms with Crippen LogP contribution in [0.15, 0.2) is 66.9 Å². The van der Waals surface area contributed by atoms with Gasteiger partial charge in [0.05, 0.1) is 0 Å². The maximum Gasteiger partial charge on any atom is 0.244 e.